The number of hydrogen-bond donors (Lipinski definition) is 1. The van der Waals surface area contributed by atoms with Gasteiger partial charge in [0.2, 0.25) is 0 Å². The summed E-state index contributed by atoms with van der Waals surface area (Å²) < 4.78 is 6.94. The molecule has 0 aliphatic carbocycles. The molecule has 0 radical (unpaired) electrons. The highest BCUT2D eigenvalue weighted by molar-refractivity contribution is 14.1. The van der Waals surface area contributed by atoms with Gasteiger partial charge in [-0.05, 0) is 47.2 Å². The monoisotopic (exact) mass is 305 g/mol. The van der Waals surface area contributed by atoms with E-state index in [0.29, 0.717) is 6.54 Å². The van der Waals surface area contributed by atoms with Crippen LogP contribution in [0.3, 0.4) is 0 Å². The summed E-state index contributed by atoms with van der Waals surface area (Å²) in [5.74, 6) is 0.917. The molecule has 0 saturated heterocycles. The van der Waals surface area contributed by atoms with Crippen LogP contribution in [0.25, 0.3) is 0 Å². The molecular weight excluding hydrogens is 289 g/mol. The van der Waals surface area contributed by atoms with Gasteiger partial charge in [0.15, 0.2) is 0 Å². The van der Waals surface area contributed by atoms with E-state index >= 15 is 0 Å². The van der Waals surface area contributed by atoms with Crippen molar-refractivity contribution in [2.75, 3.05) is 6.54 Å². The summed E-state index contributed by atoms with van der Waals surface area (Å²) in [7, 11) is 0. The fourth-order valence-electron chi connectivity index (χ4n) is 1.28. The third-order valence-electron chi connectivity index (χ3n) is 1.97. The Hall–Kier alpha value is -0.290. The molecule has 0 spiro atoms. The van der Waals surface area contributed by atoms with Crippen LogP contribution in [0.5, 0.6) is 5.75 Å². The molecule has 1 rings (SSSR count). The van der Waals surface area contributed by atoms with Crippen molar-refractivity contribution in [3.8, 4) is 5.75 Å². The average molecular weight is 305 g/mol. The number of nitrogens with two attached hydrogens (primary N) is 1. The Bertz CT molecular complexity index is 278. The van der Waals surface area contributed by atoms with Crippen molar-refractivity contribution in [1.29, 1.82) is 0 Å². The van der Waals surface area contributed by atoms with Crippen LogP contribution < -0.4 is 10.5 Å². The molecule has 0 bridgehead atoms. The van der Waals surface area contributed by atoms with Crippen LogP contribution in [0.15, 0.2) is 24.3 Å². The molecular formula is C11H16INO. The van der Waals surface area contributed by atoms with Gasteiger partial charge in [0.25, 0.3) is 0 Å². The predicted molar refractivity (Wildman–Crippen MR) is 67.5 cm³/mol. The molecule has 0 heterocycles. The SMILES string of the molecule is CCCC(CN)Oc1cccc(I)c1. The minimum Gasteiger partial charge on any atom is -0.489 e. The first-order valence-electron chi connectivity index (χ1n) is 4.88. The Morgan fingerprint density at radius 3 is 2.86 bits per heavy atom. The Morgan fingerprint density at radius 2 is 2.29 bits per heavy atom. The maximum absolute atomic E-state index is 5.76. The summed E-state index contributed by atoms with van der Waals surface area (Å²) in [6, 6.07) is 8.04. The lowest BCUT2D eigenvalue weighted by atomic mass is 10.2. The van der Waals surface area contributed by atoms with Crippen molar-refractivity contribution in [1.82, 2.24) is 0 Å². The summed E-state index contributed by atoms with van der Waals surface area (Å²) in [5, 5.41) is 0. The molecule has 2 nitrogen and oxygen atoms in total. The number of benzene rings is 1. The molecule has 0 aliphatic rings. The zero-order valence-electron chi connectivity index (χ0n) is 8.37. The van der Waals surface area contributed by atoms with Gasteiger partial charge in [-0.25, -0.2) is 0 Å². The molecule has 3 heteroatoms. The Balaban J connectivity index is 2.57. The fourth-order valence-corrected chi connectivity index (χ4v) is 1.79. The first-order chi connectivity index (χ1) is 6.76. The lowest BCUT2D eigenvalue weighted by molar-refractivity contribution is 0.198. The minimum atomic E-state index is 0.151. The maximum Gasteiger partial charge on any atom is 0.120 e. The fraction of sp³-hybridized carbons (Fsp3) is 0.455. The molecule has 2 N–H and O–H groups in total. The molecule has 1 unspecified atom stereocenters. The summed E-state index contributed by atoms with van der Waals surface area (Å²) in [6.07, 6.45) is 2.27. The van der Waals surface area contributed by atoms with E-state index in [9.17, 15) is 0 Å². The molecule has 1 atom stereocenters. The second-order valence-electron chi connectivity index (χ2n) is 3.22. The van der Waals surface area contributed by atoms with E-state index in [-0.39, 0.29) is 6.10 Å². The van der Waals surface area contributed by atoms with Crippen molar-refractivity contribution >= 4 is 22.6 Å². The lowest BCUT2D eigenvalue weighted by Crippen LogP contribution is -2.26. The van der Waals surface area contributed by atoms with E-state index in [2.05, 4.69) is 29.5 Å². The molecule has 0 saturated carbocycles. The van der Waals surface area contributed by atoms with Crippen LogP contribution >= 0.6 is 22.6 Å². The van der Waals surface area contributed by atoms with E-state index in [4.69, 9.17) is 10.5 Å². The highest BCUT2D eigenvalue weighted by Gasteiger charge is 2.06. The Kier molecular flexibility index (Phi) is 5.25. The van der Waals surface area contributed by atoms with E-state index in [1.54, 1.807) is 0 Å². The second-order valence-corrected chi connectivity index (χ2v) is 4.47. The van der Waals surface area contributed by atoms with Crippen LogP contribution in [0.1, 0.15) is 19.8 Å². The Morgan fingerprint density at radius 1 is 1.50 bits per heavy atom. The highest BCUT2D eigenvalue weighted by atomic mass is 127. The second kappa shape index (κ2) is 6.24. The molecule has 0 aliphatic heterocycles. The van der Waals surface area contributed by atoms with Crippen LogP contribution in [0, 0.1) is 3.57 Å². The number of ether oxygens (including phenoxy) is 1. The number of rotatable bonds is 5. The zero-order valence-corrected chi connectivity index (χ0v) is 10.5. The van der Waals surface area contributed by atoms with Crippen molar-refractivity contribution in [3.63, 3.8) is 0 Å². The molecule has 1 aromatic carbocycles. The normalized spacial score (nSPS) is 12.5. The summed E-state index contributed by atoms with van der Waals surface area (Å²) in [5.41, 5.74) is 5.62. The highest BCUT2D eigenvalue weighted by Crippen LogP contribution is 2.17. The number of halogens is 1. The zero-order chi connectivity index (χ0) is 10.4. The minimum absolute atomic E-state index is 0.151. The summed E-state index contributed by atoms with van der Waals surface area (Å²) in [6.45, 7) is 2.72. The topological polar surface area (TPSA) is 35.2 Å². The van der Waals surface area contributed by atoms with E-state index < -0.39 is 0 Å². The average Bonchev–Trinajstić information content (AvgIpc) is 2.17. The molecule has 1 aromatic rings. The van der Waals surface area contributed by atoms with Crippen LogP contribution in [-0.4, -0.2) is 12.6 Å². The van der Waals surface area contributed by atoms with Gasteiger partial charge in [-0.3, -0.25) is 0 Å². The van der Waals surface area contributed by atoms with Gasteiger partial charge >= 0.3 is 0 Å². The van der Waals surface area contributed by atoms with E-state index in [1.165, 1.54) is 3.57 Å². The summed E-state index contributed by atoms with van der Waals surface area (Å²) in [4.78, 5) is 0. The van der Waals surface area contributed by atoms with Crippen molar-refractivity contribution in [2.45, 2.75) is 25.9 Å². The maximum atomic E-state index is 5.76. The molecule has 78 valence electrons. The molecule has 0 amide bonds. The van der Waals surface area contributed by atoms with Gasteiger partial charge in [-0.1, -0.05) is 19.4 Å². The third kappa shape index (κ3) is 3.84. The van der Waals surface area contributed by atoms with Crippen molar-refractivity contribution in [2.24, 2.45) is 5.73 Å². The van der Waals surface area contributed by atoms with Crippen LogP contribution in [0.2, 0.25) is 0 Å². The summed E-state index contributed by atoms with van der Waals surface area (Å²) >= 11 is 2.27. The molecule has 0 aromatic heterocycles. The molecule has 0 fully saturated rings. The van der Waals surface area contributed by atoms with Gasteiger partial charge in [-0.2, -0.15) is 0 Å². The lowest BCUT2D eigenvalue weighted by Gasteiger charge is -2.16. The van der Waals surface area contributed by atoms with Crippen LogP contribution in [-0.2, 0) is 0 Å². The quantitative estimate of drug-likeness (QED) is 0.849. The van der Waals surface area contributed by atoms with Gasteiger partial charge in [0.05, 0.1) is 0 Å². The first-order valence-corrected chi connectivity index (χ1v) is 5.96. The van der Waals surface area contributed by atoms with Gasteiger partial charge < -0.3 is 10.5 Å². The van der Waals surface area contributed by atoms with Gasteiger partial charge in [0, 0.05) is 10.1 Å². The first kappa shape index (κ1) is 11.8. The Labute approximate surface area is 99.0 Å². The van der Waals surface area contributed by atoms with Crippen LogP contribution in [0.4, 0.5) is 0 Å². The number of hydrogen-bond acceptors (Lipinski definition) is 2. The van der Waals surface area contributed by atoms with Crippen molar-refractivity contribution < 1.29 is 4.74 Å². The third-order valence-corrected chi connectivity index (χ3v) is 2.64. The van der Waals surface area contributed by atoms with E-state index in [1.807, 2.05) is 24.3 Å². The van der Waals surface area contributed by atoms with E-state index in [0.717, 1.165) is 18.6 Å². The predicted octanol–water partition coefficient (Wildman–Crippen LogP) is 2.80. The van der Waals surface area contributed by atoms with Gasteiger partial charge in [0.1, 0.15) is 11.9 Å². The standard InChI is InChI=1S/C11H16INO/c1-2-4-11(8-13)14-10-6-3-5-9(12)7-10/h3,5-7,11H,2,4,8,13H2,1H3. The largest absolute Gasteiger partial charge is 0.489 e. The van der Waals surface area contributed by atoms with Gasteiger partial charge in [-0.15, -0.1) is 0 Å². The van der Waals surface area contributed by atoms with Crippen molar-refractivity contribution in [3.05, 3.63) is 27.8 Å². The molecule has 14 heavy (non-hydrogen) atoms. The smallest absolute Gasteiger partial charge is 0.120 e.